The highest BCUT2D eigenvalue weighted by Gasteiger charge is 2.10. The van der Waals surface area contributed by atoms with Crippen LogP contribution in [0.25, 0.3) is 0 Å². The number of halogens is 2. The minimum absolute atomic E-state index is 0.00580. The molecule has 118 valence electrons. The Morgan fingerprint density at radius 2 is 1.87 bits per heavy atom. The largest absolute Gasteiger partial charge is 0.545 e. The fourth-order valence-electron chi connectivity index (χ4n) is 1.71. The van der Waals surface area contributed by atoms with E-state index in [1.165, 1.54) is 18.2 Å². The molecule has 0 spiro atoms. The maximum atomic E-state index is 12.1. The van der Waals surface area contributed by atoms with E-state index < -0.39 is 5.97 Å². The van der Waals surface area contributed by atoms with Gasteiger partial charge in [0.15, 0.2) is 5.11 Å². The lowest BCUT2D eigenvalue weighted by atomic mass is 10.2. The van der Waals surface area contributed by atoms with Crippen LogP contribution in [0, 0.1) is 3.57 Å². The summed E-state index contributed by atoms with van der Waals surface area (Å²) in [6.07, 6.45) is 0. The van der Waals surface area contributed by atoms with Crippen molar-refractivity contribution >= 4 is 69.1 Å². The highest BCUT2D eigenvalue weighted by Crippen LogP contribution is 2.22. The summed E-state index contributed by atoms with van der Waals surface area (Å²) in [5, 5.41) is 16.3. The molecule has 0 saturated carbocycles. The van der Waals surface area contributed by atoms with Crippen molar-refractivity contribution in [1.29, 1.82) is 0 Å². The summed E-state index contributed by atoms with van der Waals surface area (Å²) in [4.78, 5) is 22.9. The van der Waals surface area contributed by atoms with E-state index in [-0.39, 0.29) is 27.3 Å². The summed E-state index contributed by atoms with van der Waals surface area (Å²) in [5.74, 6) is -1.72. The Balaban J connectivity index is 2.09. The number of amides is 1. The van der Waals surface area contributed by atoms with Crippen LogP contribution in [0.4, 0.5) is 5.69 Å². The average Bonchev–Trinajstić information content (AvgIpc) is 2.49. The fraction of sp³-hybridized carbons (Fsp3) is 0. The van der Waals surface area contributed by atoms with E-state index in [0.29, 0.717) is 5.56 Å². The Hall–Kier alpha value is -1.71. The highest BCUT2D eigenvalue weighted by atomic mass is 127. The van der Waals surface area contributed by atoms with Crippen molar-refractivity contribution in [2.24, 2.45) is 0 Å². The average molecular weight is 460 g/mol. The van der Waals surface area contributed by atoms with Gasteiger partial charge in [0.05, 0.1) is 16.7 Å². The van der Waals surface area contributed by atoms with Crippen LogP contribution < -0.4 is 15.7 Å². The number of thiocarbonyl (C=S) groups is 1. The normalized spacial score (nSPS) is 10.0. The van der Waals surface area contributed by atoms with Crippen LogP contribution in [-0.4, -0.2) is 17.0 Å². The van der Waals surface area contributed by atoms with Gasteiger partial charge in [0.2, 0.25) is 0 Å². The second-order valence-electron chi connectivity index (χ2n) is 4.40. The Morgan fingerprint density at radius 3 is 2.52 bits per heavy atom. The highest BCUT2D eigenvalue weighted by molar-refractivity contribution is 14.1. The van der Waals surface area contributed by atoms with Crippen LogP contribution in [0.5, 0.6) is 0 Å². The smallest absolute Gasteiger partial charge is 0.257 e. The van der Waals surface area contributed by atoms with Crippen molar-refractivity contribution in [2.45, 2.75) is 0 Å². The number of carboxylic acids is 1. The lowest BCUT2D eigenvalue weighted by Gasteiger charge is -2.12. The van der Waals surface area contributed by atoms with E-state index in [9.17, 15) is 14.7 Å². The molecule has 0 heterocycles. The molecule has 1 amide bonds. The molecular weight excluding hydrogens is 451 g/mol. The SMILES string of the molecule is O=C([O-])c1ccc(Cl)c(NC(=S)NC(=O)c2cccc(I)c2)c1. The van der Waals surface area contributed by atoms with Crippen molar-refractivity contribution in [3.05, 3.63) is 62.2 Å². The molecule has 8 heteroatoms. The second kappa shape index (κ2) is 7.71. The summed E-state index contributed by atoms with van der Waals surface area (Å²) in [6.45, 7) is 0. The van der Waals surface area contributed by atoms with E-state index in [1.807, 2.05) is 6.07 Å². The van der Waals surface area contributed by atoms with Gasteiger partial charge in [-0.2, -0.15) is 0 Å². The first-order valence-electron chi connectivity index (χ1n) is 6.25. The zero-order valence-electron chi connectivity index (χ0n) is 11.4. The number of benzene rings is 2. The molecule has 0 unspecified atom stereocenters. The predicted molar refractivity (Wildman–Crippen MR) is 98.6 cm³/mol. The molecule has 0 fully saturated rings. The molecule has 0 aliphatic carbocycles. The summed E-state index contributed by atoms with van der Waals surface area (Å²) < 4.78 is 0.916. The van der Waals surface area contributed by atoms with Crippen LogP contribution in [-0.2, 0) is 0 Å². The molecule has 5 nitrogen and oxygen atoms in total. The molecule has 2 aromatic carbocycles. The van der Waals surface area contributed by atoms with Crippen molar-refractivity contribution in [3.63, 3.8) is 0 Å². The fourth-order valence-corrected chi connectivity index (χ4v) is 2.62. The standard InChI is InChI=1S/C15H10ClIN2O3S/c16-11-5-4-9(14(21)22)7-12(11)18-15(23)19-13(20)8-2-1-3-10(17)6-8/h1-7H,(H,21,22)(H2,18,19,20,23)/p-1. The summed E-state index contributed by atoms with van der Waals surface area (Å²) in [6, 6.07) is 11.0. The van der Waals surface area contributed by atoms with E-state index >= 15 is 0 Å². The number of hydrogen-bond donors (Lipinski definition) is 2. The Morgan fingerprint density at radius 1 is 1.13 bits per heavy atom. The van der Waals surface area contributed by atoms with Gasteiger partial charge in [0.25, 0.3) is 5.91 Å². The van der Waals surface area contributed by atoms with Gasteiger partial charge in [-0.15, -0.1) is 0 Å². The molecule has 0 saturated heterocycles. The van der Waals surface area contributed by atoms with Gasteiger partial charge in [0, 0.05) is 9.13 Å². The van der Waals surface area contributed by atoms with Gasteiger partial charge in [-0.3, -0.25) is 10.1 Å². The van der Waals surface area contributed by atoms with Crippen molar-refractivity contribution in [1.82, 2.24) is 5.32 Å². The molecule has 23 heavy (non-hydrogen) atoms. The molecule has 0 aliphatic rings. The first-order valence-corrected chi connectivity index (χ1v) is 8.12. The van der Waals surface area contributed by atoms with Gasteiger partial charge in [-0.1, -0.05) is 23.7 Å². The number of anilines is 1. The number of carboxylic acid groups (broad SMARTS) is 1. The molecule has 0 bridgehead atoms. The van der Waals surface area contributed by atoms with Crippen LogP contribution in [0.3, 0.4) is 0 Å². The van der Waals surface area contributed by atoms with Crippen LogP contribution in [0.2, 0.25) is 5.02 Å². The maximum Gasteiger partial charge on any atom is 0.257 e. The van der Waals surface area contributed by atoms with Crippen molar-refractivity contribution < 1.29 is 14.7 Å². The van der Waals surface area contributed by atoms with E-state index in [1.54, 1.807) is 18.2 Å². The third kappa shape index (κ3) is 4.88. The van der Waals surface area contributed by atoms with Gasteiger partial charge in [0.1, 0.15) is 0 Å². The van der Waals surface area contributed by atoms with Crippen molar-refractivity contribution in [2.75, 3.05) is 5.32 Å². The monoisotopic (exact) mass is 459 g/mol. The minimum atomic E-state index is -1.33. The van der Waals surface area contributed by atoms with Gasteiger partial charge >= 0.3 is 0 Å². The zero-order valence-corrected chi connectivity index (χ0v) is 15.2. The molecule has 0 atom stereocenters. The van der Waals surface area contributed by atoms with Crippen LogP contribution in [0.1, 0.15) is 20.7 Å². The lowest BCUT2D eigenvalue weighted by molar-refractivity contribution is -0.255. The molecule has 2 N–H and O–H groups in total. The number of hydrogen-bond acceptors (Lipinski definition) is 4. The molecule has 0 aliphatic heterocycles. The summed E-state index contributed by atoms with van der Waals surface area (Å²) in [5.41, 5.74) is 0.667. The molecule has 0 aromatic heterocycles. The number of aromatic carboxylic acids is 1. The van der Waals surface area contributed by atoms with E-state index in [4.69, 9.17) is 23.8 Å². The van der Waals surface area contributed by atoms with Gasteiger partial charge in [-0.25, -0.2) is 0 Å². The van der Waals surface area contributed by atoms with E-state index in [2.05, 4.69) is 33.2 Å². The van der Waals surface area contributed by atoms with Gasteiger partial charge in [-0.05, 0) is 70.7 Å². The lowest BCUT2D eigenvalue weighted by Crippen LogP contribution is -2.34. The van der Waals surface area contributed by atoms with Gasteiger partial charge < -0.3 is 15.2 Å². The summed E-state index contributed by atoms with van der Waals surface area (Å²) in [7, 11) is 0. The molecular formula is C15H9ClIN2O3S-. The Bertz CT molecular complexity index is 798. The van der Waals surface area contributed by atoms with Crippen LogP contribution >= 0.6 is 46.4 Å². The molecule has 2 rings (SSSR count). The first-order chi connectivity index (χ1) is 10.9. The first kappa shape index (κ1) is 17.6. The van der Waals surface area contributed by atoms with Crippen molar-refractivity contribution in [3.8, 4) is 0 Å². The van der Waals surface area contributed by atoms with Crippen LogP contribution in [0.15, 0.2) is 42.5 Å². The number of carbonyl (C=O) groups is 2. The second-order valence-corrected chi connectivity index (χ2v) is 6.46. The van der Waals surface area contributed by atoms with E-state index in [0.717, 1.165) is 3.57 Å². The minimum Gasteiger partial charge on any atom is -0.545 e. The Kier molecular flexibility index (Phi) is 5.91. The summed E-state index contributed by atoms with van der Waals surface area (Å²) >= 11 is 13.1. The molecule has 2 aromatic rings. The Labute approximate surface area is 156 Å². The topological polar surface area (TPSA) is 81.3 Å². The third-order valence-corrected chi connectivity index (χ3v) is 3.97. The molecule has 0 radical (unpaired) electrons. The zero-order chi connectivity index (χ0) is 17.0. The number of rotatable bonds is 3. The number of carbonyl (C=O) groups excluding carboxylic acids is 2. The third-order valence-electron chi connectivity index (χ3n) is 2.76. The quantitative estimate of drug-likeness (QED) is 0.544. The predicted octanol–water partition coefficient (Wildman–Crippen LogP) is 2.43. The number of nitrogens with one attached hydrogen (secondary N) is 2. The maximum absolute atomic E-state index is 12.1.